The Labute approximate surface area is 107 Å². The van der Waals surface area contributed by atoms with E-state index in [4.69, 9.17) is 10.5 Å². The Morgan fingerprint density at radius 3 is 3.00 bits per heavy atom. The maximum Gasteiger partial charge on any atom is 0.127 e. The molecule has 2 nitrogen and oxygen atoms in total. The molecule has 0 amide bonds. The Hall–Kier alpha value is -1.09. The van der Waals surface area contributed by atoms with Crippen molar-refractivity contribution in [2.24, 2.45) is 11.7 Å². The van der Waals surface area contributed by atoms with Gasteiger partial charge in [-0.05, 0) is 31.2 Å². The number of fused-ring (bicyclic) bond motifs is 1. The molecule has 2 N–H and O–H groups in total. The average Bonchev–Trinajstić information content (AvgIpc) is 2.32. The van der Waals surface area contributed by atoms with Crippen molar-refractivity contribution >= 4 is 0 Å². The van der Waals surface area contributed by atoms with Crippen molar-refractivity contribution in [3.63, 3.8) is 0 Å². The van der Waals surface area contributed by atoms with Crippen LogP contribution in [0.25, 0.3) is 0 Å². The predicted octanol–water partition coefficient (Wildman–Crippen LogP) is 3.56. The fraction of sp³-hybridized carbons (Fsp3) is 0.600. The lowest BCUT2D eigenvalue weighted by Gasteiger charge is -2.47. The minimum Gasteiger partial charge on any atom is -0.486 e. The third-order valence-electron chi connectivity index (χ3n) is 4.64. The highest BCUT2D eigenvalue weighted by molar-refractivity contribution is 5.39. The van der Waals surface area contributed by atoms with Crippen molar-refractivity contribution in [3.8, 4) is 5.75 Å². The van der Waals surface area contributed by atoms with Crippen molar-refractivity contribution in [3.05, 3.63) is 29.6 Å². The maximum absolute atomic E-state index is 13.4. The molecule has 1 saturated carbocycles. The van der Waals surface area contributed by atoms with E-state index < -0.39 is 0 Å². The van der Waals surface area contributed by atoms with E-state index in [0.717, 1.165) is 18.4 Å². The SMILES string of the molecule is CC1CCCCC12C[C@@H](N)c1ccc(F)cc1O2. The van der Waals surface area contributed by atoms with Gasteiger partial charge in [0, 0.05) is 24.1 Å². The second-order valence-electron chi connectivity index (χ2n) is 5.81. The van der Waals surface area contributed by atoms with E-state index in [2.05, 4.69) is 6.92 Å². The molecule has 1 heterocycles. The summed E-state index contributed by atoms with van der Waals surface area (Å²) >= 11 is 0. The first kappa shape index (κ1) is 12.0. The van der Waals surface area contributed by atoms with E-state index >= 15 is 0 Å². The van der Waals surface area contributed by atoms with Crippen LogP contribution in [0.5, 0.6) is 5.75 Å². The van der Waals surface area contributed by atoms with Crippen LogP contribution in [-0.4, -0.2) is 5.60 Å². The summed E-state index contributed by atoms with van der Waals surface area (Å²) in [5.41, 5.74) is 7.04. The Morgan fingerprint density at radius 2 is 2.22 bits per heavy atom. The summed E-state index contributed by atoms with van der Waals surface area (Å²) < 4.78 is 19.6. The van der Waals surface area contributed by atoms with E-state index in [1.165, 1.54) is 31.4 Å². The largest absolute Gasteiger partial charge is 0.486 e. The fourth-order valence-corrected chi connectivity index (χ4v) is 3.48. The van der Waals surface area contributed by atoms with Crippen molar-refractivity contribution in [2.75, 3.05) is 0 Å². The summed E-state index contributed by atoms with van der Waals surface area (Å²) in [6.07, 6.45) is 5.52. The molecule has 0 saturated heterocycles. The standard InChI is InChI=1S/C15H20FNO/c1-10-4-2-3-7-15(10)9-13(17)12-6-5-11(16)8-14(12)18-15/h5-6,8,10,13H,2-4,7,9,17H2,1H3/t10?,13-,15?/m1/s1. The van der Waals surface area contributed by atoms with Crippen LogP contribution in [0.1, 0.15) is 50.6 Å². The summed E-state index contributed by atoms with van der Waals surface area (Å²) in [7, 11) is 0. The molecule has 1 aromatic rings. The van der Waals surface area contributed by atoms with Crippen molar-refractivity contribution in [1.29, 1.82) is 0 Å². The summed E-state index contributed by atoms with van der Waals surface area (Å²) in [6.45, 7) is 2.23. The third kappa shape index (κ3) is 1.81. The molecule has 18 heavy (non-hydrogen) atoms. The van der Waals surface area contributed by atoms with E-state index in [1.807, 2.05) is 0 Å². The second-order valence-corrected chi connectivity index (χ2v) is 5.81. The number of ether oxygens (including phenoxy) is 1. The Kier molecular flexibility index (Phi) is 2.81. The quantitative estimate of drug-likeness (QED) is 0.763. The monoisotopic (exact) mass is 249 g/mol. The summed E-state index contributed by atoms with van der Waals surface area (Å²) in [4.78, 5) is 0. The van der Waals surface area contributed by atoms with Gasteiger partial charge in [0.2, 0.25) is 0 Å². The molecule has 3 heteroatoms. The summed E-state index contributed by atoms with van der Waals surface area (Å²) in [5.74, 6) is 0.901. The van der Waals surface area contributed by atoms with E-state index in [9.17, 15) is 4.39 Å². The molecule has 3 rings (SSSR count). The highest BCUT2D eigenvalue weighted by atomic mass is 19.1. The lowest BCUT2D eigenvalue weighted by molar-refractivity contribution is -0.0409. The first-order valence-corrected chi connectivity index (χ1v) is 6.85. The smallest absolute Gasteiger partial charge is 0.127 e. The zero-order valence-corrected chi connectivity index (χ0v) is 10.8. The highest BCUT2D eigenvalue weighted by Crippen LogP contribution is 2.47. The van der Waals surface area contributed by atoms with Gasteiger partial charge in [-0.15, -0.1) is 0 Å². The van der Waals surface area contributed by atoms with Gasteiger partial charge in [0.25, 0.3) is 0 Å². The molecule has 1 aromatic carbocycles. The topological polar surface area (TPSA) is 35.2 Å². The van der Waals surface area contributed by atoms with Gasteiger partial charge < -0.3 is 10.5 Å². The molecule has 2 unspecified atom stereocenters. The minimum atomic E-state index is -0.249. The van der Waals surface area contributed by atoms with E-state index in [0.29, 0.717) is 11.7 Å². The maximum atomic E-state index is 13.4. The van der Waals surface area contributed by atoms with Crippen molar-refractivity contribution < 1.29 is 9.13 Å². The number of nitrogens with two attached hydrogens (primary N) is 1. The van der Waals surface area contributed by atoms with Crippen LogP contribution in [0.3, 0.4) is 0 Å². The van der Waals surface area contributed by atoms with Gasteiger partial charge in [0.1, 0.15) is 17.2 Å². The van der Waals surface area contributed by atoms with Gasteiger partial charge in [-0.3, -0.25) is 0 Å². The minimum absolute atomic E-state index is 0.0325. The van der Waals surface area contributed by atoms with Gasteiger partial charge in [-0.25, -0.2) is 4.39 Å². The molecule has 0 radical (unpaired) electrons. The van der Waals surface area contributed by atoms with Gasteiger partial charge >= 0.3 is 0 Å². The van der Waals surface area contributed by atoms with Gasteiger partial charge in [0.15, 0.2) is 0 Å². The van der Waals surface area contributed by atoms with Crippen molar-refractivity contribution in [2.45, 2.75) is 50.7 Å². The fourth-order valence-electron chi connectivity index (χ4n) is 3.48. The van der Waals surface area contributed by atoms with Crippen LogP contribution in [0.15, 0.2) is 18.2 Å². The van der Waals surface area contributed by atoms with Gasteiger partial charge in [-0.1, -0.05) is 19.4 Å². The molecule has 0 aromatic heterocycles. The van der Waals surface area contributed by atoms with Crippen LogP contribution < -0.4 is 10.5 Å². The molecule has 2 aliphatic rings. The van der Waals surface area contributed by atoms with Crippen LogP contribution >= 0.6 is 0 Å². The predicted molar refractivity (Wildman–Crippen MR) is 68.9 cm³/mol. The highest BCUT2D eigenvalue weighted by Gasteiger charge is 2.45. The number of halogens is 1. The molecular formula is C15H20FNO. The Bertz CT molecular complexity index is 462. The molecule has 0 bridgehead atoms. The van der Waals surface area contributed by atoms with Crippen LogP contribution in [0.2, 0.25) is 0 Å². The molecule has 1 fully saturated rings. The van der Waals surface area contributed by atoms with Crippen LogP contribution in [0.4, 0.5) is 4.39 Å². The first-order valence-electron chi connectivity index (χ1n) is 6.85. The van der Waals surface area contributed by atoms with E-state index in [1.54, 1.807) is 6.07 Å². The first-order chi connectivity index (χ1) is 8.61. The lowest BCUT2D eigenvalue weighted by atomic mass is 9.71. The molecular weight excluding hydrogens is 229 g/mol. The summed E-state index contributed by atoms with van der Waals surface area (Å²) in [6, 6.07) is 4.67. The number of rotatable bonds is 0. The van der Waals surface area contributed by atoms with Gasteiger partial charge in [-0.2, -0.15) is 0 Å². The molecule has 1 spiro atoms. The number of benzene rings is 1. The summed E-state index contributed by atoms with van der Waals surface area (Å²) in [5, 5.41) is 0. The average molecular weight is 249 g/mol. The zero-order valence-electron chi connectivity index (χ0n) is 10.8. The molecule has 3 atom stereocenters. The van der Waals surface area contributed by atoms with Gasteiger partial charge in [0.05, 0.1) is 0 Å². The number of hydrogen-bond acceptors (Lipinski definition) is 2. The number of hydrogen-bond donors (Lipinski definition) is 1. The molecule has 1 aliphatic heterocycles. The lowest BCUT2D eigenvalue weighted by Crippen LogP contribution is -2.49. The van der Waals surface area contributed by atoms with E-state index in [-0.39, 0.29) is 17.5 Å². The van der Waals surface area contributed by atoms with Crippen LogP contribution in [0, 0.1) is 11.7 Å². The van der Waals surface area contributed by atoms with Crippen molar-refractivity contribution in [1.82, 2.24) is 0 Å². The molecule has 98 valence electrons. The zero-order chi connectivity index (χ0) is 12.8. The normalized spacial score (nSPS) is 35.1. The molecule has 1 aliphatic carbocycles. The third-order valence-corrected chi connectivity index (χ3v) is 4.64. The Morgan fingerprint density at radius 1 is 1.39 bits per heavy atom. The Balaban J connectivity index is 1.99. The van der Waals surface area contributed by atoms with Crippen LogP contribution in [-0.2, 0) is 0 Å². The second kappa shape index (κ2) is 4.23.